The van der Waals surface area contributed by atoms with Gasteiger partial charge in [0.2, 0.25) is 0 Å². The van der Waals surface area contributed by atoms with Gasteiger partial charge in [-0.1, -0.05) is 41.1 Å². The first-order valence-corrected chi connectivity index (χ1v) is 7.02. The third kappa shape index (κ3) is 2.89. The zero-order valence-electron chi connectivity index (χ0n) is 12.2. The number of hydrogen-bond acceptors (Lipinski definition) is 3. The van der Waals surface area contributed by atoms with Crippen LogP contribution in [0.3, 0.4) is 0 Å². The highest BCUT2D eigenvalue weighted by Crippen LogP contribution is 2.24. The smallest absolute Gasteiger partial charge is 0.123 e. The molecule has 0 saturated carbocycles. The van der Waals surface area contributed by atoms with Crippen LogP contribution in [0.2, 0.25) is 0 Å². The molecule has 0 spiro atoms. The Kier molecular flexibility index (Phi) is 3.98. The van der Waals surface area contributed by atoms with Crippen LogP contribution < -0.4 is 0 Å². The number of aryl methyl sites for hydroxylation is 1. The molecule has 112 valence electrons. The first-order chi connectivity index (χ1) is 10.7. The van der Waals surface area contributed by atoms with Crippen molar-refractivity contribution >= 4 is 0 Å². The number of aliphatic hydroxyl groups excluding tert-OH is 1. The van der Waals surface area contributed by atoms with E-state index >= 15 is 0 Å². The van der Waals surface area contributed by atoms with Gasteiger partial charge in [-0.3, -0.25) is 0 Å². The number of nitrogens with zero attached hydrogens (tertiary/aromatic N) is 3. The van der Waals surface area contributed by atoms with E-state index in [-0.39, 0.29) is 12.4 Å². The molecule has 4 nitrogen and oxygen atoms in total. The Bertz CT molecular complexity index is 798. The molecule has 0 bridgehead atoms. The van der Waals surface area contributed by atoms with Crippen molar-refractivity contribution in [3.63, 3.8) is 0 Å². The lowest BCUT2D eigenvalue weighted by Gasteiger charge is -2.09. The fourth-order valence-corrected chi connectivity index (χ4v) is 2.48. The number of benzene rings is 2. The summed E-state index contributed by atoms with van der Waals surface area (Å²) in [5, 5.41) is 17.6. The van der Waals surface area contributed by atoms with E-state index in [0.29, 0.717) is 12.2 Å². The molecule has 5 heteroatoms. The minimum absolute atomic E-state index is 0.188. The monoisotopic (exact) mass is 297 g/mol. The zero-order chi connectivity index (χ0) is 15.5. The maximum absolute atomic E-state index is 13.3. The molecule has 1 heterocycles. The highest BCUT2D eigenvalue weighted by atomic mass is 19.1. The third-order valence-corrected chi connectivity index (χ3v) is 3.47. The number of aliphatic hydroxyl groups is 1. The van der Waals surface area contributed by atoms with Gasteiger partial charge in [0, 0.05) is 5.56 Å². The molecule has 0 aliphatic carbocycles. The lowest BCUT2D eigenvalue weighted by atomic mass is 10.1. The first kappa shape index (κ1) is 14.4. The Balaban J connectivity index is 2.04. The number of hydrogen-bond donors (Lipinski definition) is 1. The highest BCUT2D eigenvalue weighted by Gasteiger charge is 2.14. The van der Waals surface area contributed by atoms with E-state index in [0.717, 1.165) is 22.4 Å². The summed E-state index contributed by atoms with van der Waals surface area (Å²) in [6.07, 6.45) is 0. The highest BCUT2D eigenvalue weighted by molar-refractivity contribution is 5.62. The quantitative estimate of drug-likeness (QED) is 0.805. The second-order valence-corrected chi connectivity index (χ2v) is 5.20. The molecule has 0 aliphatic rings. The summed E-state index contributed by atoms with van der Waals surface area (Å²) < 4.78 is 15.0. The van der Waals surface area contributed by atoms with E-state index in [9.17, 15) is 9.50 Å². The lowest BCUT2D eigenvalue weighted by molar-refractivity contribution is 0.277. The van der Waals surface area contributed by atoms with Crippen molar-refractivity contribution in [1.29, 1.82) is 0 Å². The summed E-state index contributed by atoms with van der Waals surface area (Å²) in [6.45, 7) is 2.21. The molecular formula is C17H16FN3O. The largest absolute Gasteiger partial charge is 0.390 e. The Hall–Kier alpha value is -2.53. The van der Waals surface area contributed by atoms with Crippen molar-refractivity contribution in [2.24, 2.45) is 0 Å². The molecule has 1 aromatic heterocycles. The maximum atomic E-state index is 13.3. The Morgan fingerprint density at radius 2 is 1.95 bits per heavy atom. The van der Waals surface area contributed by atoms with Crippen molar-refractivity contribution < 1.29 is 9.50 Å². The van der Waals surface area contributed by atoms with Crippen LogP contribution in [0.4, 0.5) is 4.39 Å². The Morgan fingerprint density at radius 3 is 2.68 bits per heavy atom. The standard InChI is InChI=1S/C17H16FN3O/c1-12-4-2-6-14(8-12)17-16(11-22)19-20-21(17)10-13-5-3-7-15(18)9-13/h2-9,22H,10-11H2,1H3. The fourth-order valence-electron chi connectivity index (χ4n) is 2.48. The van der Waals surface area contributed by atoms with Crippen LogP contribution in [-0.2, 0) is 13.2 Å². The van der Waals surface area contributed by atoms with E-state index in [1.165, 1.54) is 12.1 Å². The third-order valence-electron chi connectivity index (χ3n) is 3.47. The van der Waals surface area contributed by atoms with Gasteiger partial charge in [0.25, 0.3) is 0 Å². The van der Waals surface area contributed by atoms with Crippen LogP contribution in [0.25, 0.3) is 11.3 Å². The van der Waals surface area contributed by atoms with E-state index in [2.05, 4.69) is 10.3 Å². The van der Waals surface area contributed by atoms with E-state index in [4.69, 9.17) is 0 Å². The Labute approximate surface area is 127 Å². The molecule has 0 aliphatic heterocycles. The van der Waals surface area contributed by atoms with Gasteiger partial charge >= 0.3 is 0 Å². The number of aromatic nitrogens is 3. The molecule has 0 amide bonds. The topological polar surface area (TPSA) is 50.9 Å². The van der Waals surface area contributed by atoms with Gasteiger partial charge in [-0.05, 0) is 30.7 Å². The van der Waals surface area contributed by atoms with Gasteiger partial charge in [-0.2, -0.15) is 0 Å². The molecule has 1 N–H and O–H groups in total. The Morgan fingerprint density at radius 1 is 1.14 bits per heavy atom. The van der Waals surface area contributed by atoms with E-state index in [1.54, 1.807) is 10.7 Å². The second-order valence-electron chi connectivity index (χ2n) is 5.20. The average Bonchev–Trinajstić information content (AvgIpc) is 2.90. The molecule has 0 radical (unpaired) electrons. The molecule has 3 rings (SSSR count). The van der Waals surface area contributed by atoms with Gasteiger partial charge in [0.1, 0.15) is 11.5 Å². The average molecular weight is 297 g/mol. The molecule has 0 fully saturated rings. The molecule has 0 saturated heterocycles. The van der Waals surface area contributed by atoms with Crippen LogP contribution >= 0.6 is 0 Å². The number of rotatable bonds is 4. The van der Waals surface area contributed by atoms with Crippen LogP contribution in [0.5, 0.6) is 0 Å². The van der Waals surface area contributed by atoms with Crippen molar-refractivity contribution in [3.05, 3.63) is 71.2 Å². The summed E-state index contributed by atoms with van der Waals surface area (Å²) in [6, 6.07) is 14.3. The van der Waals surface area contributed by atoms with Crippen LogP contribution in [-0.4, -0.2) is 20.1 Å². The van der Waals surface area contributed by atoms with E-state index < -0.39 is 0 Å². The van der Waals surface area contributed by atoms with Crippen LogP contribution in [0.1, 0.15) is 16.8 Å². The summed E-state index contributed by atoms with van der Waals surface area (Å²) >= 11 is 0. The number of halogens is 1. The summed E-state index contributed by atoms with van der Waals surface area (Å²) in [5.41, 5.74) is 4.12. The minimum atomic E-state index is -0.280. The van der Waals surface area contributed by atoms with Crippen molar-refractivity contribution in [1.82, 2.24) is 15.0 Å². The van der Waals surface area contributed by atoms with Gasteiger partial charge < -0.3 is 5.11 Å². The normalized spacial score (nSPS) is 10.9. The molecule has 2 aromatic carbocycles. The van der Waals surface area contributed by atoms with E-state index in [1.807, 2.05) is 37.3 Å². The van der Waals surface area contributed by atoms with Gasteiger partial charge in [0.15, 0.2) is 0 Å². The van der Waals surface area contributed by atoms with Gasteiger partial charge in [-0.15, -0.1) is 5.10 Å². The SMILES string of the molecule is Cc1cccc(-c2c(CO)nnn2Cc2cccc(F)c2)c1. The maximum Gasteiger partial charge on any atom is 0.123 e. The van der Waals surface area contributed by atoms with Gasteiger partial charge in [0.05, 0.1) is 18.8 Å². The van der Waals surface area contributed by atoms with Crippen LogP contribution in [0.15, 0.2) is 48.5 Å². The predicted molar refractivity (Wildman–Crippen MR) is 81.6 cm³/mol. The van der Waals surface area contributed by atoms with Crippen molar-refractivity contribution in [2.75, 3.05) is 0 Å². The predicted octanol–water partition coefficient (Wildman–Crippen LogP) is 2.93. The van der Waals surface area contributed by atoms with Crippen LogP contribution in [0, 0.1) is 12.7 Å². The molecule has 0 unspecified atom stereocenters. The molecular weight excluding hydrogens is 281 g/mol. The second kappa shape index (κ2) is 6.07. The summed E-state index contributed by atoms with van der Waals surface area (Å²) in [5.74, 6) is -0.280. The first-order valence-electron chi connectivity index (χ1n) is 7.02. The molecule has 22 heavy (non-hydrogen) atoms. The summed E-state index contributed by atoms with van der Waals surface area (Å²) in [4.78, 5) is 0. The summed E-state index contributed by atoms with van der Waals surface area (Å²) in [7, 11) is 0. The van der Waals surface area contributed by atoms with Gasteiger partial charge in [-0.25, -0.2) is 9.07 Å². The van der Waals surface area contributed by atoms with Crippen molar-refractivity contribution in [2.45, 2.75) is 20.1 Å². The van der Waals surface area contributed by atoms with Crippen molar-refractivity contribution in [3.8, 4) is 11.3 Å². The lowest BCUT2D eigenvalue weighted by Crippen LogP contribution is -2.05. The zero-order valence-corrected chi connectivity index (χ0v) is 12.2. The molecule has 0 atom stereocenters. The fraction of sp³-hybridized carbons (Fsp3) is 0.176. The minimum Gasteiger partial charge on any atom is -0.390 e. The molecule has 3 aromatic rings.